The van der Waals surface area contributed by atoms with E-state index in [4.69, 9.17) is 9.47 Å². The van der Waals surface area contributed by atoms with Gasteiger partial charge in [0.25, 0.3) is 0 Å². The first-order chi connectivity index (χ1) is 21.6. The van der Waals surface area contributed by atoms with Crippen molar-refractivity contribution < 1.29 is 24.2 Å². The molecular formula is C39H68O5. The number of esters is 2. The molecule has 0 fully saturated rings. The molecule has 0 aromatic rings. The molecule has 0 aliphatic heterocycles. The number of hydrogen-bond acceptors (Lipinski definition) is 5. The predicted molar refractivity (Wildman–Crippen MR) is 187 cm³/mol. The van der Waals surface area contributed by atoms with Crippen LogP contribution in [0.3, 0.4) is 0 Å². The molecule has 0 saturated carbocycles. The smallest absolute Gasteiger partial charge is 0.306 e. The summed E-state index contributed by atoms with van der Waals surface area (Å²) in [7, 11) is 0. The molecule has 0 spiro atoms. The van der Waals surface area contributed by atoms with Gasteiger partial charge in [0.05, 0.1) is 6.61 Å². The highest BCUT2D eigenvalue weighted by molar-refractivity contribution is 5.70. The van der Waals surface area contributed by atoms with Crippen molar-refractivity contribution in [1.29, 1.82) is 0 Å². The Labute approximate surface area is 271 Å². The molecule has 0 amide bonds. The van der Waals surface area contributed by atoms with Gasteiger partial charge in [-0.2, -0.15) is 0 Å². The summed E-state index contributed by atoms with van der Waals surface area (Å²) < 4.78 is 10.5. The van der Waals surface area contributed by atoms with Crippen molar-refractivity contribution in [2.75, 3.05) is 13.2 Å². The minimum absolute atomic E-state index is 0.0863. The van der Waals surface area contributed by atoms with E-state index in [9.17, 15) is 14.7 Å². The summed E-state index contributed by atoms with van der Waals surface area (Å²) in [6, 6.07) is 0. The zero-order chi connectivity index (χ0) is 32.2. The van der Waals surface area contributed by atoms with Crippen molar-refractivity contribution in [3.05, 3.63) is 48.6 Å². The number of unbranched alkanes of at least 4 members (excludes halogenated alkanes) is 16. The standard InChI is InChI=1S/C39H68O5/c1-3-5-7-9-11-13-15-17-19-21-23-25-27-29-31-33-38(41)43-36-37(35-40)44-39(42)34-32-30-28-26-24-22-20-18-16-14-12-10-8-6-4-2/h12,14,17-20,24,26,37,40H,3-11,13,15-16,21-23,25,27-36H2,1-2H3. The van der Waals surface area contributed by atoms with Crippen LogP contribution in [0.4, 0.5) is 0 Å². The van der Waals surface area contributed by atoms with Crippen molar-refractivity contribution in [1.82, 2.24) is 0 Å². The average molecular weight is 617 g/mol. The van der Waals surface area contributed by atoms with Crippen molar-refractivity contribution in [3.8, 4) is 0 Å². The lowest BCUT2D eigenvalue weighted by molar-refractivity contribution is -0.161. The van der Waals surface area contributed by atoms with Gasteiger partial charge in [-0.25, -0.2) is 0 Å². The third-order valence-corrected chi connectivity index (χ3v) is 7.60. The normalized spacial score (nSPS) is 12.7. The molecule has 0 radical (unpaired) electrons. The highest BCUT2D eigenvalue weighted by Gasteiger charge is 2.16. The fraction of sp³-hybridized carbons (Fsp3) is 0.744. The van der Waals surface area contributed by atoms with Gasteiger partial charge < -0.3 is 14.6 Å². The molecule has 1 atom stereocenters. The number of hydrogen-bond donors (Lipinski definition) is 1. The van der Waals surface area contributed by atoms with Gasteiger partial charge in [0.15, 0.2) is 6.10 Å². The largest absolute Gasteiger partial charge is 0.462 e. The Kier molecular flexibility index (Phi) is 33.6. The van der Waals surface area contributed by atoms with Crippen LogP contribution in [0.15, 0.2) is 48.6 Å². The van der Waals surface area contributed by atoms with E-state index in [0.717, 1.165) is 57.8 Å². The van der Waals surface area contributed by atoms with Gasteiger partial charge in [-0.3, -0.25) is 9.59 Å². The van der Waals surface area contributed by atoms with Crippen molar-refractivity contribution in [3.63, 3.8) is 0 Å². The van der Waals surface area contributed by atoms with Gasteiger partial charge in [-0.1, -0.05) is 127 Å². The zero-order valence-electron chi connectivity index (χ0n) is 28.7. The molecule has 0 aromatic carbocycles. The number of aliphatic hydroxyl groups excluding tert-OH is 1. The van der Waals surface area contributed by atoms with Crippen LogP contribution < -0.4 is 0 Å². The molecule has 0 aliphatic rings. The third kappa shape index (κ3) is 32.8. The van der Waals surface area contributed by atoms with Crippen LogP contribution in [0.2, 0.25) is 0 Å². The molecule has 1 unspecified atom stereocenters. The minimum atomic E-state index is -0.793. The molecule has 0 aromatic heterocycles. The summed E-state index contributed by atoms with van der Waals surface area (Å²) in [6.07, 6.45) is 43.1. The lowest BCUT2D eigenvalue weighted by Crippen LogP contribution is -2.28. The Balaban J connectivity index is 3.67. The van der Waals surface area contributed by atoms with E-state index in [1.807, 2.05) is 0 Å². The molecule has 5 nitrogen and oxygen atoms in total. The Hall–Kier alpha value is -2.14. The van der Waals surface area contributed by atoms with E-state index in [2.05, 4.69) is 62.5 Å². The monoisotopic (exact) mass is 617 g/mol. The first-order valence-electron chi connectivity index (χ1n) is 18.2. The minimum Gasteiger partial charge on any atom is -0.462 e. The third-order valence-electron chi connectivity index (χ3n) is 7.60. The molecule has 0 heterocycles. The van der Waals surface area contributed by atoms with Crippen LogP contribution >= 0.6 is 0 Å². The van der Waals surface area contributed by atoms with E-state index in [-0.39, 0.29) is 25.2 Å². The SMILES string of the molecule is CCCCCC=CCC=CCC=CCCCCC(=O)OC(CO)COC(=O)CCCCCCCC=CCCCCCCCC. The Morgan fingerprint density at radius 2 is 0.909 bits per heavy atom. The second-order valence-electron chi connectivity index (χ2n) is 11.9. The van der Waals surface area contributed by atoms with E-state index in [1.165, 1.54) is 83.5 Å². The summed E-state index contributed by atoms with van der Waals surface area (Å²) in [4.78, 5) is 24.2. The summed E-state index contributed by atoms with van der Waals surface area (Å²) >= 11 is 0. The van der Waals surface area contributed by atoms with Crippen molar-refractivity contribution in [2.45, 2.75) is 174 Å². The van der Waals surface area contributed by atoms with Gasteiger partial charge >= 0.3 is 11.9 Å². The number of rotatable bonds is 32. The lowest BCUT2D eigenvalue weighted by Gasteiger charge is -2.15. The van der Waals surface area contributed by atoms with Crippen LogP contribution in [0, 0.1) is 0 Å². The number of carbonyl (C=O) groups is 2. The highest BCUT2D eigenvalue weighted by atomic mass is 16.6. The second kappa shape index (κ2) is 35.3. The molecule has 44 heavy (non-hydrogen) atoms. The Morgan fingerprint density at radius 1 is 0.523 bits per heavy atom. The predicted octanol–water partition coefficient (Wildman–Crippen LogP) is 11.1. The molecule has 1 N–H and O–H groups in total. The van der Waals surface area contributed by atoms with Gasteiger partial charge in [0, 0.05) is 12.8 Å². The lowest BCUT2D eigenvalue weighted by atomic mass is 10.1. The molecule has 0 aliphatic carbocycles. The fourth-order valence-corrected chi connectivity index (χ4v) is 4.79. The first kappa shape index (κ1) is 41.9. The van der Waals surface area contributed by atoms with Gasteiger partial charge in [-0.15, -0.1) is 0 Å². The fourth-order valence-electron chi connectivity index (χ4n) is 4.79. The number of allylic oxidation sites excluding steroid dienone is 8. The zero-order valence-corrected chi connectivity index (χ0v) is 28.7. The summed E-state index contributed by atoms with van der Waals surface area (Å²) in [5.41, 5.74) is 0. The Morgan fingerprint density at radius 3 is 1.48 bits per heavy atom. The summed E-state index contributed by atoms with van der Waals surface area (Å²) in [6.45, 7) is 4.05. The second-order valence-corrected chi connectivity index (χ2v) is 11.9. The van der Waals surface area contributed by atoms with E-state index in [1.54, 1.807) is 0 Å². The highest BCUT2D eigenvalue weighted by Crippen LogP contribution is 2.11. The number of carbonyl (C=O) groups excluding carboxylic acids is 2. The van der Waals surface area contributed by atoms with Gasteiger partial charge in [-0.05, 0) is 77.0 Å². The Bertz CT molecular complexity index is 752. The molecular weight excluding hydrogens is 548 g/mol. The summed E-state index contributed by atoms with van der Waals surface area (Å²) in [5, 5.41) is 9.52. The van der Waals surface area contributed by atoms with Crippen LogP contribution in [0.25, 0.3) is 0 Å². The quantitative estimate of drug-likeness (QED) is 0.0462. The maximum atomic E-state index is 12.1. The van der Waals surface area contributed by atoms with Crippen LogP contribution in [-0.4, -0.2) is 36.4 Å². The number of aliphatic hydroxyl groups is 1. The van der Waals surface area contributed by atoms with Crippen LogP contribution in [-0.2, 0) is 19.1 Å². The topological polar surface area (TPSA) is 72.8 Å². The number of ether oxygens (including phenoxy) is 2. The van der Waals surface area contributed by atoms with Crippen LogP contribution in [0.5, 0.6) is 0 Å². The van der Waals surface area contributed by atoms with Gasteiger partial charge in [0.1, 0.15) is 6.61 Å². The maximum Gasteiger partial charge on any atom is 0.306 e. The van der Waals surface area contributed by atoms with E-state index in [0.29, 0.717) is 12.8 Å². The van der Waals surface area contributed by atoms with Crippen molar-refractivity contribution >= 4 is 11.9 Å². The molecule has 0 rings (SSSR count). The molecule has 5 heteroatoms. The van der Waals surface area contributed by atoms with Crippen LogP contribution in [0.1, 0.15) is 168 Å². The van der Waals surface area contributed by atoms with Crippen molar-refractivity contribution in [2.24, 2.45) is 0 Å². The van der Waals surface area contributed by atoms with E-state index >= 15 is 0 Å². The van der Waals surface area contributed by atoms with E-state index < -0.39 is 6.10 Å². The first-order valence-corrected chi connectivity index (χ1v) is 18.2. The molecule has 0 bridgehead atoms. The van der Waals surface area contributed by atoms with Gasteiger partial charge in [0.2, 0.25) is 0 Å². The summed E-state index contributed by atoms with van der Waals surface area (Å²) in [5.74, 6) is -0.648. The average Bonchev–Trinajstić information content (AvgIpc) is 3.02. The maximum absolute atomic E-state index is 12.1. The molecule has 0 saturated heterocycles. The molecule has 254 valence electrons.